The SMILES string of the molecule is Cc1ccc2nc(NC(=O)c3ccccc3Cl)nc(NC3CCCCC3N=C(N)N)c2c1.O=C(O)C(F)(F)F.O=C(O)C(F)(F)F. The zero-order valence-electron chi connectivity index (χ0n) is 23.8. The average molecular weight is 680 g/mol. The standard InChI is InChI=1S/C23H26ClN7O.2C2HF3O2/c1-13-10-11-17-15(12-13)20(27-18-8-4-5-9-19(18)28-22(25)26)30-23(29-17)31-21(32)14-6-2-3-7-16(14)24;2*3-2(4,5)1(6)7/h2-3,6-7,10-12,18-19H,4-5,8-9H2,1H3,(H4,25,26,28)(H2,27,29,30,31,32);2*(H,6,7). The van der Waals surface area contributed by atoms with Crippen LogP contribution in [0.2, 0.25) is 5.02 Å². The number of amides is 1. The number of carbonyl (C=O) groups excluding carboxylic acids is 1. The van der Waals surface area contributed by atoms with E-state index in [2.05, 4.69) is 25.6 Å². The van der Waals surface area contributed by atoms with Crippen LogP contribution in [0.4, 0.5) is 38.1 Å². The fourth-order valence-corrected chi connectivity index (χ4v) is 4.25. The number of hydrogen-bond acceptors (Lipinski definition) is 7. The Morgan fingerprint density at radius 3 is 2.04 bits per heavy atom. The van der Waals surface area contributed by atoms with Crippen LogP contribution in [0.5, 0.6) is 0 Å². The predicted octanol–water partition coefficient (Wildman–Crippen LogP) is 5.11. The Kier molecular flexibility index (Phi) is 12.9. The van der Waals surface area contributed by atoms with Gasteiger partial charge < -0.3 is 27.0 Å². The molecular formula is C27H28ClF6N7O5. The Hall–Kier alpha value is -4.87. The molecular weight excluding hydrogens is 652 g/mol. The molecule has 0 radical (unpaired) electrons. The molecule has 1 fully saturated rings. The number of nitrogens with zero attached hydrogens (tertiary/aromatic N) is 3. The molecule has 2 unspecified atom stereocenters. The monoisotopic (exact) mass is 679 g/mol. The second-order valence-corrected chi connectivity index (χ2v) is 10.0. The number of nitrogens with two attached hydrogens (primary N) is 2. The van der Waals surface area contributed by atoms with Crippen molar-refractivity contribution >= 4 is 58.1 Å². The molecule has 19 heteroatoms. The van der Waals surface area contributed by atoms with Crippen molar-refractivity contribution in [1.82, 2.24) is 9.97 Å². The summed E-state index contributed by atoms with van der Waals surface area (Å²) in [5, 5.41) is 21.8. The minimum Gasteiger partial charge on any atom is -0.475 e. The second-order valence-electron chi connectivity index (χ2n) is 9.61. The van der Waals surface area contributed by atoms with Gasteiger partial charge in [-0.05, 0) is 44.0 Å². The highest BCUT2D eigenvalue weighted by molar-refractivity contribution is 6.34. The summed E-state index contributed by atoms with van der Waals surface area (Å²) in [6.07, 6.45) is -6.21. The number of aliphatic carboxylic acids is 2. The van der Waals surface area contributed by atoms with Gasteiger partial charge in [-0.1, -0.05) is 48.2 Å². The number of anilines is 2. The quantitative estimate of drug-likeness (QED) is 0.119. The lowest BCUT2D eigenvalue weighted by Crippen LogP contribution is -2.38. The second kappa shape index (κ2) is 15.9. The number of aliphatic imine (C=N–C) groups is 1. The number of rotatable bonds is 5. The fourth-order valence-electron chi connectivity index (χ4n) is 4.02. The van der Waals surface area contributed by atoms with Crippen molar-refractivity contribution in [3.63, 3.8) is 0 Å². The van der Waals surface area contributed by atoms with Crippen molar-refractivity contribution in [2.75, 3.05) is 10.6 Å². The Labute approximate surface area is 261 Å². The molecule has 12 nitrogen and oxygen atoms in total. The summed E-state index contributed by atoms with van der Waals surface area (Å²) >= 11 is 6.17. The van der Waals surface area contributed by atoms with E-state index in [4.69, 9.17) is 42.9 Å². The smallest absolute Gasteiger partial charge is 0.475 e. The molecule has 8 N–H and O–H groups in total. The third-order valence-corrected chi connectivity index (χ3v) is 6.38. The summed E-state index contributed by atoms with van der Waals surface area (Å²) in [4.78, 5) is 44.1. The molecule has 1 aliphatic rings. The Balaban J connectivity index is 0.000000440. The van der Waals surface area contributed by atoms with Crippen LogP contribution in [0.15, 0.2) is 47.5 Å². The van der Waals surface area contributed by atoms with Gasteiger partial charge >= 0.3 is 24.3 Å². The predicted molar refractivity (Wildman–Crippen MR) is 157 cm³/mol. The highest BCUT2D eigenvalue weighted by Crippen LogP contribution is 2.29. The van der Waals surface area contributed by atoms with Gasteiger partial charge in [-0.2, -0.15) is 31.3 Å². The topological polar surface area (TPSA) is 206 Å². The van der Waals surface area contributed by atoms with Crippen LogP contribution in [0.3, 0.4) is 0 Å². The normalized spacial score (nSPS) is 16.1. The van der Waals surface area contributed by atoms with Crippen LogP contribution < -0.4 is 22.1 Å². The summed E-state index contributed by atoms with van der Waals surface area (Å²) in [5.74, 6) is -4.97. The van der Waals surface area contributed by atoms with E-state index in [1.165, 1.54) is 0 Å². The molecule has 2 aromatic carbocycles. The van der Waals surface area contributed by atoms with Gasteiger partial charge in [-0.25, -0.2) is 19.6 Å². The molecule has 250 valence electrons. The number of carbonyl (C=O) groups is 3. The number of carboxylic acids is 2. The Bertz CT molecular complexity index is 1560. The molecule has 4 rings (SSSR count). The van der Waals surface area contributed by atoms with Crippen molar-refractivity contribution in [3.05, 3.63) is 58.6 Å². The van der Waals surface area contributed by atoms with Crippen LogP contribution >= 0.6 is 11.6 Å². The molecule has 3 aromatic rings. The number of alkyl halides is 6. The van der Waals surface area contributed by atoms with Gasteiger partial charge in [-0.3, -0.25) is 10.1 Å². The van der Waals surface area contributed by atoms with Gasteiger partial charge in [0.2, 0.25) is 5.95 Å². The minimum atomic E-state index is -5.08. The van der Waals surface area contributed by atoms with Gasteiger partial charge in [0.05, 0.1) is 28.2 Å². The van der Waals surface area contributed by atoms with E-state index in [0.29, 0.717) is 16.4 Å². The number of nitrogens with one attached hydrogen (secondary N) is 2. The number of guanidine groups is 1. The fraction of sp³-hybridized carbons (Fsp3) is 0.333. The molecule has 0 bridgehead atoms. The Morgan fingerprint density at radius 2 is 1.50 bits per heavy atom. The van der Waals surface area contributed by atoms with Gasteiger partial charge in [0.25, 0.3) is 5.91 Å². The largest absolute Gasteiger partial charge is 0.490 e. The van der Waals surface area contributed by atoms with E-state index in [1.54, 1.807) is 24.3 Å². The number of aryl methyl sites for hydroxylation is 1. The molecule has 1 amide bonds. The highest BCUT2D eigenvalue weighted by atomic mass is 35.5. The summed E-state index contributed by atoms with van der Waals surface area (Å²) in [6.45, 7) is 2.01. The number of benzene rings is 2. The van der Waals surface area contributed by atoms with Crippen molar-refractivity contribution in [2.24, 2.45) is 16.5 Å². The number of halogens is 7. The zero-order valence-corrected chi connectivity index (χ0v) is 24.5. The van der Waals surface area contributed by atoms with E-state index < -0.39 is 24.3 Å². The number of fused-ring (bicyclic) bond motifs is 1. The highest BCUT2D eigenvalue weighted by Gasteiger charge is 2.39. The number of hydrogen-bond donors (Lipinski definition) is 6. The summed E-state index contributed by atoms with van der Waals surface area (Å²) in [7, 11) is 0. The Morgan fingerprint density at radius 1 is 0.935 bits per heavy atom. The maximum Gasteiger partial charge on any atom is 0.490 e. The zero-order chi connectivity index (χ0) is 34.8. The van der Waals surface area contributed by atoms with Crippen molar-refractivity contribution in [2.45, 2.75) is 57.0 Å². The maximum absolute atomic E-state index is 12.8. The van der Waals surface area contributed by atoms with E-state index in [9.17, 15) is 31.1 Å². The molecule has 0 spiro atoms. The average Bonchev–Trinajstić information content (AvgIpc) is 2.94. The van der Waals surface area contributed by atoms with Gasteiger partial charge in [0.15, 0.2) is 5.96 Å². The van der Waals surface area contributed by atoms with Gasteiger partial charge in [-0.15, -0.1) is 0 Å². The summed E-state index contributed by atoms with van der Waals surface area (Å²) in [5.41, 5.74) is 13.5. The lowest BCUT2D eigenvalue weighted by Gasteiger charge is -2.30. The molecule has 1 aromatic heterocycles. The van der Waals surface area contributed by atoms with E-state index >= 15 is 0 Å². The molecule has 1 aliphatic carbocycles. The van der Waals surface area contributed by atoms with Crippen LogP contribution in [0.25, 0.3) is 10.9 Å². The van der Waals surface area contributed by atoms with Crippen LogP contribution in [0, 0.1) is 6.92 Å². The van der Waals surface area contributed by atoms with E-state index in [0.717, 1.165) is 42.1 Å². The minimum absolute atomic E-state index is 0.0246. The van der Waals surface area contributed by atoms with Gasteiger partial charge in [0, 0.05) is 5.39 Å². The van der Waals surface area contributed by atoms with E-state index in [-0.39, 0.29) is 29.9 Å². The maximum atomic E-state index is 12.8. The summed E-state index contributed by atoms with van der Waals surface area (Å²) in [6, 6.07) is 12.7. The summed E-state index contributed by atoms with van der Waals surface area (Å²) < 4.78 is 63.5. The molecule has 0 saturated heterocycles. The first-order valence-corrected chi connectivity index (χ1v) is 13.5. The lowest BCUT2D eigenvalue weighted by molar-refractivity contribution is -0.193. The molecule has 0 aliphatic heterocycles. The van der Waals surface area contributed by atoms with Crippen molar-refractivity contribution in [1.29, 1.82) is 0 Å². The van der Waals surface area contributed by atoms with Crippen molar-refractivity contribution < 1.29 is 50.9 Å². The third-order valence-electron chi connectivity index (χ3n) is 6.05. The molecule has 1 saturated carbocycles. The molecule has 46 heavy (non-hydrogen) atoms. The first kappa shape index (κ1) is 37.3. The van der Waals surface area contributed by atoms with Crippen LogP contribution in [-0.2, 0) is 9.59 Å². The van der Waals surface area contributed by atoms with Crippen LogP contribution in [-0.4, -0.2) is 68.4 Å². The number of carboxylic acid groups (broad SMARTS) is 2. The lowest BCUT2D eigenvalue weighted by atomic mass is 9.90. The number of aromatic nitrogens is 2. The first-order chi connectivity index (χ1) is 21.3. The van der Waals surface area contributed by atoms with Gasteiger partial charge in [0.1, 0.15) is 5.82 Å². The van der Waals surface area contributed by atoms with Crippen LogP contribution in [0.1, 0.15) is 41.6 Å². The van der Waals surface area contributed by atoms with Crippen molar-refractivity contribution in [3.8, 4) is 0 Å². The first-order valence-electron chi connectivity index (χ1n) is 13.1. The van der Waals surface area contributed by atoms with E-state index in [1.807, 2.05) is 25.1 Å². The molecule has 2 atom stereocenters. The molecule has 1 heterocycles. The third kappa shape index (κ3) is 11.6.